The van der Waals surface area contributed by atoms with Crippen LogP contribution in [0.5, 0.6) is 0 Å². The molecule has 0 spiro atoms. The summed E-state index contributed by atoms with van der Waals surface area (Å²) in [5.41, 5.74) is 3.18. The predicted octanol–water partition coefficient (Wildman–Crippen LogP) is 1.91. The zero-order valence-corrected chi connectivity index (χ0v) is 12.6. The van der Waals surface area contributed by atoms with E-state index < -0.39 is 19.8 Å². The van der Waals surface area contributed by atoms with Crippen LogP contribution in [0, 0.1) is 27.5 Å². The van der Waals surface area contributed by atoms with Gasteiger partial charge in [0.15, 0.2) is 5.79 Å². The van der Waals surface area contributed by atoms with Crippen LogP contribution in [0.25, 0.3) is 0 Å². The quantitative estimate of drug-likeness (QED) is 0.340. The van der Waals surface area contributed by atoms with Crippen molar-refractivity contribution in [3.63, 3.8) is 0 Å². The number of rotatable bonds is 3. The van der Waals surface area contributed by atoms with Gasteiger partial charge in [-0.3, -0.25) is 10.1 Å². The molecule has 1 aliphatic heterocycles. The molecule has 18 heavy (non-hydrogen) atoms. The zero-order valence-electron chi connectivity index (χ0n) is 11.6. The van der Waals surface area contributed by atoms with Gasteiger partial charge in [-0.1, -0.05) is 25.6 Å². The summed E-state index contributed by atoms with van der Waals surface area (Å²) in [6, 6.07) is 0. The Labute approximate surface area is 109 Å². The van der Waals surface area contributed by atoms with Crippen LogP contribution in [0.3, 0.4) is 0 Å². The Morgan fingerprint density at radius 2 is 2.11 bits per heavy atom. The van der Waals surface area contributed by atoms with Crippen molar-refractivity contribution in [3.8, 4) is 11.5 Å². The normalized spacial score (nSPS) is 24.2. The topological polar surface area (TPSA) is 61.6 Å². The Balaban J connectivity index is 2.79. The molecule has 1 fully saturated rings. The van der Waals surface area contributed by atoms with Crippen molar-refractivity contribution in [2.45, 2.75) is 45.4 Å². The Morgan fingerprint density at radius 3 is 2.50 bits per heavy atom. The predicted molar refractivity (Wildman–Crippen MR) is 71.4 cm³/mol. The van der Waals surface area contributed by atoms with Gasteiger partial charge in [-0.2, -0.15) is 0 Å². The Bertz CT molecular complexity index is 378. The smallest absolute Gasteiger partial charge is 0.220 e. The average Bonchev–Trinajstić information content (AvgIpc) is 2.51. The molecule has 0 N–H and O–H groups in total. The molecule has 0 aliphatic carbocycles. The minimum absolute atomic E-state index is 0.193. The molecule has 0 radical (unpaired) electrons. The molecule has 1 aliphatic rings. The van der Waals surface area contributed by atoms with Crippen LogP contribution in [-0.4, -0.2) is 38.0 Å². The highest BCUT2D eigenvalue weighted by molar-refractivity contribution is 6.83. The van der Waals surface area contributed by atoms with Gasteiger partial charge in [-0.05, 0) is 13.8 Å². The van der Waals surface area contributed by atoms with Crippen LogP contribution in [0.1, 0.15) is 13.8 Å². The fourth-order valence-corrected chi connectivity index (χ4v) is 2.26. The molecule has 0 amide bonds. The summed E-state index contributed by atoms with van der Waals surface area (Å²) < 4.78 is 11.1. The first kappa shape index (κ1) is 15.2. The van der Waals surface area contributed by atoms with Crippen molar-refractivity contribution in [2.24, 2.45) is 5.92 Å². The Morgan fingerprint density at radius 1 is 1.50 bits per heavy atom. The highest BCUT2D eigenvalue weighted by atomic mass is 28.3. The lowest BCUT2D eigenvalue weighted by Crippen LogP contribution is -2.31. The van der Waals surface area contributed by atoms with Crippen molar-refractivity contribution >= 4 is 8.07 Å². The Hall–Kier alpha value is -0.903. The molecule has 2 atom stereocenters. The molecule has 6 heteroatoms. The average molecular weight is 271 g/mol. The summed E-state index contributed by atoms with van der Waals surface area (Å²) >= 11 is 0. The van der Waals surface area contributed by atoms with E-state index in [9.17, 15) is 10.1 Å². The number of hydrogen-bond donors (Lipinski definition) is 0. The maximum Gasteiger partial charge on any atom is 0.220 e. The number of ether oxygens (including phenoxy) is 2. The van der Waals surface area contributed by atoms with E-state index in [1.165, 1.54) is 0 Å². The van der Waals surface area contributed by atoms with E-state index in [1.54, 1.807) is 0 Å². The molecule has 0 aromatic carbocycles. The second-order valence-electron chi connectivity index (χ2n) is 6.01. The fourth-order valence-electron chi connectivity index (χ4n) is 1.64. The third kappa shape index (κ3) is 5.17. The van der Waals surface area contributed by atoms with Gasteiger partial charge in [-0.15, -0.1) is 5.54 Å². The van der Waals surface area contributed by atoms with Crippen LogP contribution >= 0.6 is 0 Å². The summed E-state index contributed by atoms with van der Waals surface area (Å²) in [5, 5.41) is 10.7. The van der Waals surface area contributed by atoms with Gasteiger partial charge in [0.05, 0.1) is 6.61 Å². The molecule has 0 bridgehead atoms. The van der Waals surface area contributed by atoms with E-state index in [4.69, 9.17) is 9.47 Å². The third-order valence-corrected chi connectivity index (χ3v) is 3.35. The summed E-state index contributed by atoms with van der Waals surface area (Å²) in [6.07, 6.45) is -0.311. The van der Waals surface area contributed by atoms with Gasteiger partial charge in [0.2, 0.25) is 6.54 Å². The molecule has 1 heterocycles. The number of nitrogens with zero attached hydrogens (tertiary/aromatic N) is 1. The monoisotopic (exact) mass is 271 g/mol. The van der Waals surface area contributed by atoms with Gasteiger partial charge < -0.3 is 9.47 Å². The van der Waals surface area contributed by atoms with Crippen LogP contribution < -0.4 is 0 Å². The summed E-state index contributed by atoms with van der Waals surface area (Å²) in [6.45, 7) is 10.1. The minimum atomic E-state index is -1.54. The van der Waals surface area contributed by atoms with Crippen molar-refractivity contribution < 1.29 is 14.4 Å². The second-order valence-corrected chi connectivity index (χ2v) is 10.8. The maximum atomic E-state index is 10.7. The Kier molecular flexibility index (Phi) is 4.54. The van der Waals surface area contributed by atoms with Crippen LogP contribution in [0.15, 0.2) is 0 Å². The first-order valence-corrected chi connectivity index (χ1v) is 9.55. The first-order valence-electron chi connectivity index (χ1n) is 6.05. The molecule has 0 aromatic heterocycles. The van der Waals surface area contributed by atoms with Gasteiger partial charge in [0.25, 0.3) is 0 Å². The van der Waals surface area contributed by atoms with Crippen LogP contribution in [0.2, 0.25) is 19.6 Å². The van der Waals surface area contributed by atoms with E-state index in [0.29, 0.717) is 6.61 Å². The number of nitro groups is 1. The molecular formula is C12H21NO4Si. The van der Waals surface area contributed by atoms with E-state index >= 15 is 0 Å². The van der Waals surface area contributed by atoms with E-state index in [0.717, 1.165) is 0 Å². The molecule has 0 saturated carbocycles. The van der Waals surface area contributed by atoms with E-state index in [2.05, 4.69) is 31.1 Å². The summed E-state index contributed by atoms with van der Waals surface area (Å²) in [4.78, 5) is 10.4. The highest BCUT2D eigenvalue weighted by Crippen LogP contribution is 2.26. The zero-order chi connectivity index (χ0) is 14.0. The standard InChI is InChI=1S/C12H21NO4Si/c1-12(2)16-9-11(17-12)10(8-13(14)15)6-7-18(3,4)5/h10-11H,8-9H2,1-5H3. The van der Waals surface area contributed by atoms with Crippen molar-refractivity contribution in [1.29, 1.82) is 0 Å². The van der Waals surface area contributed by atoms with Gasteiger partial charge in [0, 0.05) is 4.92 Å². The van der Waals surface area contributed by atoms with Gasteiger partial charge >= 0.3 is 0 Å². The molecule has 5 nitrogen and oxygen atoms in total. The van der Waals surface area contributed by atoms with Gasteiger partial charge in [0.1, 0.15) is 20.1 Å². The molecular weight excluding hydrogens is 250 g/mol. The lowest BCUT2D eigenvalue weighted by atomic mass is 10.0. The highest BCUT2D eigenvalue weighted by Gasteiger charge is 2.38. The van der Waals surface area contributed by atoms with E-state index in [-0.39, 0.29) is 17.6 Å². The van der Waals surface area contributed by atoms with Gasteiger partial charge in [-0.25, -0.2) is 0 Å². The van der Waals surface area contributed by atoms with Crippen molar-refractivity contribution in [1.82, 2.24) is 0 Å². The summed E-state index contributed by atoms with van der Waals surface area (Å²) in [7, 11) is -1.54. The summed E-state index contributed by atoms with van der Waals surface area (Å²) in [5.74, 6) is 1.97. The number of hydrogen-bond acceptors (Lipinski definition) is 4. The van der Waals surface area contributed by atoms with Crippen LogP contribution in [0.4, 0.5) is 0 Å². The minimum Gasteiger partial charge on any atom is -0.348 e. The third-order valence-electron chi connectivity index (χ3n) is 2.46. The van der Waals surface area contributed by atoms with Crippen molar-refractivity contribution in [2.75, 3.05) is 13.2 Å². The molecule has 0 aromatic rings. The second kappa shape index (κ2) is 5.39. The fraction of sp³-hybridized carbons (Fsp3) is 0.833. The van der Waals surface area contributed by atoms with Crippen molar-refractivity contribution in [3.05, 3.63) is 10.1 Å². The maximum absolute atomic E-state index is 10.7. The first-order chi connectivity index (χ1) is 8.09. The largest absolute Gasteiger partial charge is 0.348 e. The molecule has 102 valence electrons. The molecule has 1 rings (SSSR count). The lowest BCUT2D eigenvalue weighted by Gasteiger charge is -2.19. The molecule has 1 saturated heterocycles. The SMILES string of the molecule is CC1(C)OCC(C(C#C[Si](C)(C)C)C[N+](=O)[O-])O1. The van der Waals surface area contributed by atoms with Crippen LogP contribution in [-0.2, 0) is 9.47 Å². The molecule has 2 unspecified atom stereocenters. The lowest BCUT2D eigenvalue weighted by molar-refractivity contribution is -0.487. The van der Waals surface area contributed by atoms with E-state index in [1.807, 2.05) is 13.8 Å².